The summed E-state index contributed by atoms with van der Waals surface area (Å²) in [5.74, 6) is 0.575. The van der Waals surface area contributed by atoms with Crippen LogP contribution in [0.15, 0.2) is 59.1 Å². The van der Waals surface area contributed by atoms with Gasteiger partial charge in [-0.1, -0.05) is 35.0 Å². The topological polar surface area (TPSA) is 99.7 Å². The van der Waals surface area contributed by atoms with Crippen LogP contribution < -0.4 is 4.74 Å². The molecule has 9 nitrogen and oxygen atoms in total. The number of ether oxygens (including phenoxy) is 2. The minimum atomic E-state index is -0.464. The van der Waals surface area contributed by atoms with Crippen LogP contribution in [-0.2, 0) is 4.74 Å². The summed E-state index contributed by atoms with van der Waals surface area (Å²) < 4.78 is 17.8. The summed E-state index contributed by atoms with van der Waals surface area (Å²) in [6, 6.07) is 16.6. The third kappa shape index (κ3) is 5.27. The number of esters is 1. The largest absolute Gasteiger partial charge is 0.497 e. The van der Waals surface area contributed by atoms with E-state index in [-0.39, 0.29) is 24.2 Å². The van der Waals surface area contributed by atoms with Crippen LogP contribution >= 0.6 is 11.6 Å². The fraction of sp³-hybridized carbons (Fsp3) is 0.310. The molecule has 0 radical (unpaired) electrons. The molecular formula is C29H29ClN4O5. The maximum absolute atomic E-state index is 13.6. The van der Waals surface area contributed by atoms with Gasteiger partial charge in [0.05, 0.1) is 30.5 Å². The van der Waals surface area contributed by atoms with E-state index in [4.69, 9.17) is 25.6 Å². The van der Waals surface area contributed by atoms with E-state index in [0.29, 0.717) is 53.5 Å². The van der Waals surface area contributed by atoms with Gasteiger partial charge in [-0.2, -0.15) is 5.10 Å². The number of hydrogen-bond donors (Lipinski definition) is 0. The van der Waals surface area contributed by atoms with Crippen molar-refractivity contribution >= 4 is 23.5 Å². The van der Waals surface area contributed by atoms with Crippen molar-refractivity contribution in [3.8, 4) is 28.3 Å². The average Bonchev–Trinajstić information content (AvgIpc) is 3.57. The van der Waals surface area contributed by atoms with Gasteiger partial charge in [-0.05, 0) is 63.1 Å². The van der Waals surface area contributed by atoms with E-state index in [2.05, 4.69) is 10.3 Å². The molecule has 0 N–H and O–H groups in total. The zero-order chi connectivity index (χ0) is 27.5. The number of aryl methyl sites for hydroxylation is 1. The van der Waals surface area contributed by atoms with Gasteiger partial charge >= 0.3 is 5.97 Å². The van der Waals surface area contributed by atoms with E-state index < -0.39 is 5.97 Å². The van der Waals surface area contributed by atoms with Gasteiger partial charge in [0.25, 0.3) is 5.91 Å². The fourth-order valence-electron chi connectivity index (χ4n) is 4.89. The summed E-state index contributed by atoms with van der Waals surface area (Å²) in [6.45, 7) is 4.78. The first kappa shape index (κ1) is 26.5. The first-order valence-electron chi connectivity index (χ1n) is 12.8. The number of aromatic nitrogens is 3. The van der Waals surface area contributed by atoms with Crippen molar-refractivity contribution in [2.75, 3.05) is 26.8 Å². The third-order valence-electron chi connectivity index (χ3n) is 6.91. The molecule has 2 aromatic heterocycles. The zero-order valence-electron chi connectivity index (χ0n) is 22.0. The molecule has 0 aliphatic carbocycles. The second kappa shape index (κ2) is 11.3. The minimum Gasteiger partial charge on any atom is -0.497 e. The van der Waals surface area contributed by atoms with Gasteiger partial charge in [-0.3, -0.25) is 9.48 Å². The lowest BCUT2D eigenvalue weighted by Crippen LogP contribution is -2.39. The summed E-state index contributed by atoms with van der Waals surface area (Å²) in [4.78, 5) is 27.9. The van der Waals surface area contributed by atoms with Crippen LogP contribution in [0.4, 0.5) is 0 Å². The Bertz CT molecular complexity index is 1490. The van der Waals surface area contributed by atoms with Gasteiger partial charge in [-0.25, -0.2) is 4.79 Å². The molecule has 0 unspecified atom stereocenters. The molecule has 39 heavy (non-hydrogen) atoms. The van der Waals surface area contributed by atoms with Gasteiger partial charge in [0.2, 0.25) is 0 Å². The zero-order valence-corrected chi connectivity index (χ0v) is 22.8. The Balaban J connectivity index is 1.38. The quantitative estimate of drug-likeness (QED) is 0.268. The van der Waals surface area contributed by atoms with Crippen molar-refractivity contribution in [1.82, 2.24) is 19.8 Å². The normalized spacial score (nSPS) is 13.9. The Hall–Kier alpha value is -4.11. The molecule has 0 saturated carbocycles. The highest BCUT2D eigenvalue weighted by atomic mass is 35.5. The summed E-state index contributed by atoms with van der Waals surface area (Å²) in [5, 5.41) is 9.28. The number of benzene rings is 2. The van der Waals surface area contributed by atoms with Gasteiger partial charge < -0.3 is 18.9 Å². The summed E-state index contributed by atoms with van der Waals surface area (Å²) >= 11 is 6.39. The number of carbonyl (C=O) groups excluding carboxylic acids is 2. The number of likely N-dealkylation sites (tertiary alicyclic amines) is 1. The Morgan fingerprint density at radius 1 is 1.10 bits per heavy atom. The summed E-state index contributed by atoms with van der Waals surface area (Å²) in [5.41, 5.74) is 3.48. The van der Waals surface area contributed by atoms with E-state index >= 15 is 0 Å². The number of halogens is 1. The molecule has 0 bridgehead atoms. The van der Waals surface area contributed by atoms with Crippen LogP contribution in [0, 0.1) is 6.92 Å². The van der Waals surface area contributed by atoms with Crippen LogP contribution in [0.3, 0.4) is 0 Å². The summed E-state index contributed by atoms with van der Waals surface area (Å²) in [6.07, 6.45) is 1.31. The van der Waals surface area contributed by atoms with E-state index in [0.717, 1.165) is 17.0 Å². The Morgan fingerprint density at radius 3 is 2.49 bits per heavy atom. The average molecular weight is 549 g/mol. The maximum Gasteiger partial charge on any atom is 0.358 e. The number of piperidine rings is 1. The standard InChI is InChI=1S/C29H29ClN4O5/c1-4-38-29(36)24-17-25(19-9-11-21(37-3)12-10-19)34(31-24)20-13-15-33(16-14-20)28(35)26-18(2)39-32-27(26)22-7-5-6-8-23(22)30/h5-12,17,20H,4,13-16H2,1-3H3. The van der Waals surface area contributed by atoms with E-state index in [1.54, 1.807) is 38.0 Å². The Morgan fingerprint density at radius 2 is 1.82 bits per heavy atom. The highest BCUT2D eigenvalue weighted by molar-refractivity contribution is 6.33. The van der Waals surface area contributed by atoms with Crippen molar-refractivity contribution in [3.63, 3.8) is 0 Å². The lowest BCUT2D eigenvalue weighted by molar-refractivity contribution is 0.0517. The number of carbonyl (C=O) groups is 2. The molecule has 0 spiro atoms. The van der Waals surface area contributed by atoms with Crippen molar-refractivity contribution in [2.45, 2.75) is 32.7 Å². The Kier molecular flexibility index (Phi) is 7.70. The van der Waals surface area contributed by atoms with E-state index in [9.17, 15) is 9.59 Å². The predicted molar refractivity (Wildman–Crippen MR) is 146 cm³/mol. The van der Waals surface area contributed by atoms with E-state index in [1.165, 1.54) is 0 Å². The molecule has 4 aromatic rings. The van der Waals surface area contributed by atoms with Crippen LogP contribution in [0.1, 0.15) is 52.4 Å². The maximum atomic E-state index is 13.6. The molecule has 1 amide bonds. The van der Waals surface area contributed by atoms with Gasteiger partial charge in [0.15, 0.2) is 5.69 Å². The molecule has 3 heterocycles. The second-order valence-corrected chi connectivity index (χ2v) is 9.68. The first-order valence-corrected chi connectivity index (χ1v) is 13.2. The van der Waals surface area contributed by atoms with Crippen LogP contribution in [0.25, 0.3) is 22.5 Å². The molecule has 1 fully saturated rings. The Labute approximate surface area is 231 Å². The highest BCUT2D eigenvalue weighted by Crippen LogP contribution is 2.34. The number of nitrogens with zero attached hydrogens (tertiary/aromatic N) is 4. The van der Waals surface area contributed by atoms with Crippen LogP contribution in [-0.4, -0.2) is 58.5 Å². The fourth-order valence-corrected chi connectivity index (χ4v) is 5.11. The van der Waals surface area contributed by atoms with Crippen molar-refractivity contribution in [3.05, 3.63) is 76.6 Å². The molecule has 1 aliphatic rings. The molecule has 2 aromatic carbocycles. The molecule has 0 atom stereocenters. The molecule has 1 aliphatic heterocycles. The molecule has 10 heteroatoms. The van der Waals surface area contributed by atoms with Gasteiger partial charge in [0.1, 0.15) is 22.8 Å². The van der Waals surface area contributed by atoms with Crippen LogP contribution in [0.2, 0.25) is 5.02 Å². The van der Waals surface area contributed by atoms with Crippen LogP contribution in [0.5, 0.6) is 5.75 Å². The lowest BCUT2D eigenvalue weighted by Gasteiger charge is -2.33. The second-order valence-electron chi connectivity index (χ2n) is 9.27. The lowest BCUT2D eigenvalue weighted by atomic mass is 10.0. The van der Waals surface area contributed by atoms with Crippen molar-refractivity contribution in [2.24, 2.45) is 0 Å². The molecule has 202 valence electrons. The monoisotopic (exact) mass is 548 g/mol. The molecular weight excluding hydrogens is 520 g/mol. The molecule has 1 saturated heterocycles. The highest BCUT2D eigenvalue weighted by Gasteiger charge is 2.32. The SMILES string of the molecule is CCOC(=O)c1cc(-c2ccc(OC)cc2)n(C2CCN(C(=O)c3c(-c4ccccc4Cl)noc3C)CC2)n1. The number of hydrogen-bond acceptors (Lipinski definition) is 7. The number of methoxy groups -OCH3 is 1. The van der Waals surface area contributed by atoms with Gasteiger partial charge in [0, 0.05) is 24.2 Å². The number of amides is 1. The first-order chi connectivity index (χ1) is 18.9. The third-order valence-corrected chi connectivity index (χ3v) is 7.24. The van der Waals surface area contributed by atoms with Crippen molar-refractivity contribution < 1.29 is 23.6 Å². The summed E-state index contributed by atoms with van der Waals surface area (Å²) in [7, 11) is 1.62. The van der Waals surface area contributed by atoms with Crippen molar-refractivity contribution in [1.29, 1.82) is 0 Å². The molecule has 5 rings (SSSR count). The van der Waals surface area contributed by atoms with Gasteiger partial charge in [-0.15, -0.1) is 0 Å². The number of rotatable bonds is 7. The minimum absolute atomic E-state index is 0.0130. The smallest absolute Gasteiger partial charge is 0.358 e. The predicted octanol–water partition coefficient (Wildman–Crippen LogP) is 5.83. The van der Waals surface area contributed by atoms with E-state index in [1.807, 2.05) is 47.1 Å².